The number of para-hydroxylation sites is 2. The number of hydrogen-bond acceptors (Lipinski definition) is 4. The van der Waals surface area contributed by atoms with E-state index in [9.17, 15) is 4.79 Å². The van der Waals surface area contributed by atoms with Crippen LogP contribution < -0.4 is 14.4 Å². The maximum Gasteiger partial charge on any atom is 0.227 e. The van der Waals surface area contributed by atoms with Crippen molar-refractivity contribution in [1.29, 1.82) is 0 Å². The quantitative estimate of drug-likeness (QED) is 0.310. The zero-order chi connectivity index (χ0) is 25.1. The Kier molecular flexibility index (Phi) is 6.76. The van der Waals surface area contributed by atoms with Crippen LogP contribution in [0.5, 0.6) is 11.5 Å². The number of carbonyl (C=O) groups excluding carboxylic acids is 1. The molecular formula is C30H31N3O3. The lowest BCUT2D eigenvalue weighted by Gasteiger charge is -2.18. The molecule has 1 unspecified atom stereocenters. The van der Waals surface area contributed by atoms with E-state index >= 15 is 0 Å². The van der Waals surface area contributed by atoms with E-state index in [1.54, 1.807) is 7.11 Å². The molecule has 0 N–H and O–H groups in total. The number of carbonyl (C=O) groups is 1. The fourth-order valence-corrected chi connectivity index (χ4v) is 4.91. The first kappa shape index (κ1) is 23.7. The third-order valence-electron chi connectivity index (χ3n) is 6.61. The summed E-state index contributed by atoms with van der Waals surface area (Å²) in [6.07, 6.45) is 4.46. The van der Waals surface area contributed by atoms with Crippen LogP contribution in [0.3, 0.4) is 0 Å². The molecular weight excluding hydrogens is 450 g/mol. The summed E-state index contributed by atoms with van der Waals surface area (Å²) in [5.74, 6) is 2.49. The van der Waals surface area contributed by atoms with E-state index in [0.29, 0.717) is 37.6 Å². The lowest BCUT2D eigenvalue weighted by atomic mass is 10.1. The van der Waals surface area contributed by atoms with Crippen molar-refractivity contribution in [1.82, 2.24) is 9.55 Å². The molecule has 1 aliphatic heterocycles. The van der Waals surface area contributed by atoms with Crippen molar-refractivity contribution >= 4 is 28.7 Å². The van der Waals surface area contributed by atoms with Crippen molar-refractivity contribution in [2.24, 2.45) is 0 Å². The van der Waals surface area contributed by atoms with Gasteiger partial charge < -0.3 is 18.9 Å². The van der Waals surface area contributed by atoms with Gasteiger partial charge >= 0.3 is 0 Å². The fourth-order valence-electron chi connectivity index (χ4n) is 4.91. The smallest absolute Gasteiger partial charge is 0.227 e. The van der Waals surface area contributed by atoms with Gasteiger partial charge in [0, 0.05) is 24.6 Å². The monoisotopic (exact) mass is 481 g/mol. The Balaban J connectivity index is 1.38. The molecule has 6 nitrogen and oxygen atoms in total. The zero-order valence-electron chi connectivity index (χ0n) is 21.0. The lowest BCUT2D eigenvalue weighted by molar-refractivity contribution is -0.117. The molecule has 6 heteroatoms. The van der Waals surface area contributed by atoms with Crippen molar-refractivity contribution in [2.75, 3.05) is 25.2 Å². The highest BCUT2D eigenvalue weighted by molar-refractivity contribution is 5.96. The summed E-state index contributed by atoms with van der Waals surface area (Å²) in [5, 5.41) is 0. The largest absolute Gasteiger partial charge is 0.493 e. The van der Waals surface area contributed by atoms with Crippen LogP contribution in [0.4, 0.5) is 5.69 Å². The Morgan fingerprint density at radius 2 is 1.92 bits per heavy atom. The van der Waals surface area contributed by atoms with Gasteiger partial charge in [-0.25, -0.2) is 4.98 Å². The number of fused-ring (bicyclic) bond motifs is 1. The average molecular weight is 482 g/mol. The molecule has 0 spiro atoms. The SMILES string of the molecule is C/C=C/c1ccc(OCCn2c(C3CC(=O)N(c4cccc(C)c4)C3)nc3ccccc32)c(OC)c1. The molecule has 0 saturated carbocycles. The highest BCUT2D eigenvalue weighted by Crippen LogP contribution is 2.34. The first-order valence-electron chi connectivity index (χ1n) is 12.3. The van der Waals surface area contributed by atoms with Crippen molar-refractivity contribution < 1.29 is 14.3 Å². The molecule has 1 atom stereocenters. The minimum Gasteiger partial charge on any atom is -0.493 e. The molecule has 0 aliphatic carbocycles. The Labute approximate surface area is 211 Å². The lowest BCUT2D eigenvalue weighted by Crippen LogP contribution is -2.24. The van der Waals surface area contributed by atoms with Gasteiger partial charge in [0.1, 0.15) is 12.4 Å². The van der Waals surface area contributed by atoms with Crippen molar-refractivity contribution in [3.63, 3.8) is 0 Å². The molecule has 36 heavy (non-hydrogen) atoms. The molecule has 5 rings (SSSR count). The molecule has 1 aromatic heterocycles. The molecule has 3 aromatic carbocycles. The molecule has 1 fully saturated rings. The van der Waals surface area contributed by atoms with Gasteiger partial charge in [0.2, 0.25) is 5.91 Å². The second-order valence-electron chi connectivity index (χ2n) is 9.11. The number of imidazole rings is 1. The van der Waals surface area contributed by atoms with Crippen molar-refractivity contribution in [2.45, 2.75) is 32.7 Å². The summed E-state index contributed by atoms with van der Waals surface area (Å²) in [6.45, 7) is 5.72. The second-order valence-corrected chi connectivity index (χ2v) is 9.11. The second kappa shape index (κ2) is 10.3. The highest BCUT2D eigenvalue weighted by atomic mass is 16.5. The van der Waals surface area contributed by atoms with Gasteiger partial charge in [0.15, 0.2) is 11.5 Å². The predicted molar refractivity (Wildman–Crippen MR) is 144 cm³/mol. The van der Waals surface area contributed by atoms with Crippen LogP contribution in [0.1, 0.15) is 36.2 Å². The molecule has 1 amide bonds. The number of anilines is 1. The number of hydrogen-bond donors (Lipinski definition) is 0. The summed E-state index contributed by atoms with van der Waals surface area (Å²) < 4.78 is 13.9. The Hall–Kier alpha value is -4.06. The van der Waals surface area contributed by atoms with Gasteiger partial charge in [0.25, 0.3) is 0 Å². The van der Waals surface area contributed by atoms with E-state index in [1.165, 1.54) is 0 Å². The minimum absolute atomic E-state index is 0.0139. The molecule has 0 radical (unpaired) electrons. The summed E-state index contributed by atoms with van der Waals surface area (Å²) in [5.41, 5.74) is 5.13. The zero-order valence-corrected chi connectivity index (χ0v) is 21.0. The van der Waals surface area contributed by atoms with Gasteiger partial charge in [0.05, 0.1) is 24.7 Å². The molecule has 0 bridgehead atoms. The third-order valence-corrected chi connectivity index (χ3v) is 6.61. The standard InChI is InChI=1S/C30H31N3O3/c1-4-8-22-13-14-27(28(18-22)35-3)36-16-15-32-26-12-6-5-11-25(26)31-30(32)23-19-29(34)33(20-23)24-10-7-9-21(2)17-24/h4-14,17-18,23H,15-16,19-20H2,1-3H3/b8-4+. The Morgan fingerprint density at radius 3 is 2.72 bits per heavy atom. The fraction of sp³-hybridized carbons (Fsp3) is 0.267. The molecule has 1 aliphatic rings. The third kappa shape index (κ3) is 4.71. The number of amides is 1. The Bertz CT molecular complexity index is 1420. The van der Waals surface area contributed by atoms with Gasteiger partial charge in [-0.2, -0.15) is 0 Å². The predicted octanol–water partition coefficient (Wildman–Crippen LogP) is 5.99. The van der Waals surface area contributed by atoms with Crippen LogP contribution in [0.15, 0.2) is 72.8 Å². The van der Waals surface area contributed by atoms with E-state index in [0.717, 1.165) is 33.7 Å². The van der Waals surface area contributed by atoms with Crippen LogP contribution in [0.2, 0.25) is 0 Å². The topological polar surface area (TPSA) is 56.6 Å². The van der Waals surface area contributed by atoms with E-state index < -0.39 is 0 Å². The first-order chi connectivity index (χ1) is 17.6. The van der Waals surface area contributed by atoms with Crippen LogP contribution in [-0.4, -0.2) is 35.7 Å². The van der Waals surface area contributed by atoms with Gasteiger partial charge in [-0.15, -0.1) is 0 Å². The number of rotatable bonds is 8. The normalized spacial score (nSPS) is 15.8. The maximum absolute atomic E-state index is 13.0. The number of ether oxygens (including phenoxy) is 2. The van der Waals surface area contributed by atoms with Crippen molar-refractivity contribution in [3.05, 3.63) is 89.8 Å². The summed E-state index contributed by atoms with van der Waals surface area (Å²) in [4.78, 5) is 19.8. The van der Waals surface area contributed by atoms with E-state index in [-0.39, 0.29) is 11.8 Å². The van der Waals surface area contributed by atoms with Crippen LogP contribution in [0.25, 0.3) is 17.1 Å². The van der Waals surface area contributed by atoms with Crippen LogP contribution in [-0.2, 0) is 11.3 Å². The molecule has 4 aromatic rings. The number of methoxy groups -OCH3 is 1. The van der Waals surface area contributed by atoms with Crippen molar-refractivity contribution in [3.8, 4) is 11.5 Å². The van der Waals surface area contributed by atoms with Crippen LogP contribution in [0, 0.1) is 6.92 Å². The average Bonchev–Trinajstić information content (AvgIpc) is 3.45. The van der Waals surface area contributed by atoms with E-state index in [2.05, 4.69) is 16.7 Å². The number of allylic oxidation sites excluding steroid dienone is 1. The molecule has 184 valence electrons. The number of aryl methyl sites for hydroxylation is 1. The summed E-state index contributed by atoms with van der Waals surface area (Å²) in [6, 6.07) is 22.1. The first-order valence-corrected chi connectivity index (χ1v) is 12.3. The summed E-state index contributed by atoms with van der Waals surface area (Å²) >= 11 is 0. The Morgan fingerprint density at radius 1 is 1.06 bits per heavy atom. The minimum atomic E-state index is 0.0139. The van der Waals surface area contributed by atoms with Gasteiger partial charge in [-0.1, -0.05) is 42.5 Å². The molecule has 1 saturated heterocycles. The van der Waals surface area contributed by atoms with E-state index in [1.807, 2.05) is 85.5 Å². The molecule has 2 heterocycles. The summed E-state index contributed by atoms with van der Waals surface area (Å²) in [7, 11) is 1.65. The highest BCUT2D eigenvalue weighted by Gasteiger charge is 2.34. The van der Waals surface area contributed by atoms with Gasteiger partial charge in [-0.05, 0) is 61.4 Å². The van der Waals surface area contributed by atoms with E-state index in [4.69, 9.17) is 14.5 Å². The maximum atomic E-state index is 13.0. The number of aromatic nitrogens is 2. The van der Waals surface area contributed by atoms with Gasteiger partial charge in [-0.3, -0.25) is 4.79 Å². The number of benzene rings is 3. The van der Waals surface area contributed by atoms with Crippen LogP contribution >= 0.6 is 0 Å². The number of nitrogens with zero attached hydrogens (tertiary/aromatic N) is 3.